The van der Waals surface area contributed by atoms with Crippen molar-refractivity contribution in [2.45, 2.75) is 206 Å². The fourth-order valence-corrected chi connectivity index (χ4v) is 5.79. The number of aliphatic carboxylic acids is 1. The van der Waals surface area contributed by atoms with Crippen molar-refractivity contribution in [2.24, 2.45) is 0 Å². The molecule has 1 N–H and O–H groups in total. The number of esters is 1. The molecule has 0 fully saturated rings. The lowest BCUT2D eigenvalue weighted by molar-refractivity contribution is -0.149. The number of allylic oxidation sites excluding steroid dienone is 10. The van der Waals surface area contributed by atoms with Crippen LogP contribution in [0.3, 0.4) is 0 Å². The Kier molecular flexibility index (Phi) is 37.2. The molecule has 0 aliphatic rings. The topological polar surface area (TPSA) is 63.6 Å². The smallest absolute Gasteiger partial charge is 0.306 e. The minimum atomic E-state index is -0.666. The Morgan fingerprint density at radius 2 is 0.854 bits per heavy atom. The quantitative estimate of drug-likeness (QED) is 0.0410. The second-order valence-electron chi connectivity index (χ2n) is 13.4. The number of ether oxygens (including phenoxy) is 1. The van der Waals surface area contributed by atoms with Crippen LogP contribution in [0.4, 0.5) is 0 Å². The van der Waals surface area contributed by atoms with Crippen molar-refractivity contribution in [2.75, 3.05) is 0 Å². The molecule has 1 atom stereocenters. The molecule has 0 aliphatic heterocycles. The van der Waals surface area contributed by atoms with Gasteiger partial charge in [-0.15, -0.1) is 0 Å². The largest absolute Gasteiger partial charge is 0.481 e. The van der Waals surface area contributed by atoms with Gasteiger partial charge in [-0.05, 0) is 77.0 Å². The first-order chi connectivity index (χ1) is 23.6. The molecule has 0 rings (SSSR count). The molecule has 276 valence electrons. The van der Waals surface area contributed by atoms with Crippen LogP contribution < -0.4 is 0 Å². The van der Waals surface area contributed by atoms with Gasteiger partial charge in [0, 0.05) is 12.8 Å². The average Bonchev–Trinajstić information content (AvgIpc) is 3.08. The molecule has 1 unspecified atom stereocenters. The zero-order valence-corrected chi connectivity index (χ0v) is 31.5. The van der Waals surface area contributed by atoms with Crippen molar-refractivity contribution in [1.82, 2.24) is 0 Å². The number of carboxylic acid groups (broad SMARTS) is 1. The number of carbonyl (C=O) groups excluding carboxylic acids is 1. The molecule has 0 bridgehead atoms. The summed E-state index contributed by atoms with van der Waals surface area (Å²) >= 11 is 0. The van der Waals surface area contributed by atoms with E-state index in [-0.39, 0.29) is 12.1 Å². The standard InChI is InChI=1S/C44H76O4/c1-3-5-6-7-8-9-10-11-12-13-14-15-20-23-26-29-32-35-38-41-44(47)48-42(4-2)39-36-33-30-27-24-21-18-16-17-19-22-25-28-31-34-37-40-43(45)46/h5-6,8-9,11-12,14-15,23,26,42H,3-4,7,10,13,16-22,24-25,27-41H2,1-2H3,(H,45,46)/b6-5-,9-8-,12-11-,15-14-,26-23-. The second-order valence-corrected chi connectivity index (χ2v) is 13.4. The van der Waals surface area contributed by atoms with Crippen LogP contribution in [-0.4, -0.2) is 23.1 Å². The summed E-state index contributed by atoms with van der Waals surface area (Å²) in [6.07, 6.45) is 54.8. The summed E-state index contributed by atoms with van der Waals surface area (Å²) < 4.78 is 5.78. The van der Waals surface area contributed by atoms with E-state index in [0.717, 1.165) is 83.5 Å². The van der Waals surface area contributed by atoms with Gasteiger partial charge in [-0.2, -0.15) is 0 Å². The summed E-state index contributed by atoms with van der Waals surface area (Å²) in [7, 11) is 0. The molecule has 0 radical (unpaired) electrons. The van der Waals surface area contributed by atoms with Gasteiger partial charge in [0.05, 0.1) is 0 Å². The third kappa shape index (κ3) is 38.1. The summed E-state index contributed by atoms with van der Waals surface area (Å²) in [5.41, 5.74) is 0. The molecule has 0 saturated heterocycles. The van der Waals surface area contributed by atoms with Crippen LogP contribution in [0.5, 0.6) is 0 Å². The molecule has 0 heterocycles. The van der Waals surface area contributed by atoms with Gasteiger partial charge in [-0.25, -0.2) is 0 Å². The monoisotopic (exact) mass is 669 g/mol. The first-order valence-corrected chi connectivity index (χ1v) is 20.3. The van der Waals surface area contributed by atoms with Crippen molar-refractivity contribution >= 4 is 11.9 Å². The lowest BCUT2D eigenvalue weighted by Gasteiger charge is -2.16. The van der Waals surface area contributed by atoms with E-state index >= 15 is 0 Å². The summed E-state index contributed by atoms with van der Waals surface area (Å²) in [6.45, 7) is 4.29. The fourth-order valence-electron chi connectivity index (χ4n) is 5.79. The maximum absolute atomic E-state index is 12.3. The van der Waals surface area contributed by atoms with Gasteiger partial charge in [-0.1, -0.05) is 171 Å². The number of rotatable bonds is 36. The highest BCUT2D eigenvalue weighted by Crippen LogP contribution is 2.16. The van der Waals surface area contributed by atoms with E-state index in [1.807, 2.05) is 0 Å². The third-order valence-corrected chi connectivity index (χ3v) is 8.83. The van der Waals surface area contributed by atoms with E-state index in [1.54, 1.807) is 0 Å². The van der Waals surface area contributed by atoms with Gasteiger partial charge >= 0.3 is 11.9 Å². The van der Waals surface area contributed by atoms with Crippen molar-refractivity contribution in [3.05, 3.63) is 60.8 Å². The molecular weight excluding hydrogens is 592 g/mol. The molecule has 0 spiro atoms. The molecule has 0 aromatic heterocycles. The molecule has 0 aromatic carbocycles. The Morgan fingerprint density at radius 3 is 1.29 bits per heavy atom. The molecule has 0 saturated carbocycles. The Morgan fingerprint density at radius 1 is 0.479 bits per heavy atom. The SMILES string of the molecule is CC/C=C\C/C=C\C/C=C\C/C=C\C/C=C\CCCCCC(=O)OC(CC)CCCCCCCCCCCCCCCCCCC(=O)O. The Balaban J connectivity index is 3.52. The molecule has 4 heteroatoms. The number of carboxylic acids is 1. The third-order valence-electron chi connectivity index (χ3n) is 8.83. The van der Waals surface area contributed by atoms with Gasteiger partial charge in [0.1, 0.15) is 6.10 Å². The van der Waals surface area contributed by atoms with Crippen LogP contribution in [0, 0.1) is 0 Å². The van der Waals surface area contributed by atoms with Gasteiger partial charge in [0.2, 0.25) is 0 Å². The summed E-state index contributed by atoms with van der Waals surface area (Å²) in [5, 5.41) is 8.65. The predicted octanol–water partition coefficient (Wildman–Crippen LogP) is 14.1. The van der Waals surface area contributed by atoms with E-state index in [0.29, 0.717) is 12.8 Å². The normalized spacial score (nSPS) is 12.9. The molecular formula is C44H76O4. The van der Waals surface area contributed by atoms with E-state index < -0.39 is 5.97 Å². The van der Waals surface area contributed by atoms with Crippen molar-refractivity contribution < 1.29 is 19.4 Å². The lowest BCUT2D eigenvalue weighted by atomic mass is 10.0. The van der Waals surface area contributed by atoms with Gasteiger partial charge < -0.3 is 9.84 Å². The fraction of sp³-hybridized carbons (Fsp3) is 0.727. The maximum atomic E-state index is 12.3. The zero-order valence-electron chi connectivity index (χ0n) is 31.5. The van der Waals surface area contributed by atoms with E-state index in [9.17, 15) is 9.59 Å². The first kappa shape index (κ1) is 45.6. The summed E-state index contributed by atoms with van der Waals surface area (Å²) in [6, 6.07) is 0. The van der Waals surface area contributed by atoms with Gasteiger partial charge in [0.25, 0.3) is 0 Å². The lowest BCUT2D eigenvalue weighted by Crippen LogP contribution is -2.17. The van der Waals surface area contributed by atoms with Crippen molar-refractivity contribution in [3.63, 3.8) is 0 Å². The molecule has 4 nitrogen and oxygen atoms in total. The summed E-state index contributed by atoms with van der Waals surface area (Å²) in [4.78, 5) is 22.8. The van der Waals surface area contributed by atoms with Crippen molar-refractivity contribution in [3.8, 4) is 0 Å². The van der Waals surface area contributed by atoms with Crippen LogP contribution in [0.1, 0.15) is 200 Å². The van der Waals surface area contributed by atoms with Gasteiger partial charge in [0.15, 0.2) is 0 Å². The zero-order chi connectivity index (χ0) is 35.0. The second kappa shape index (κ2) is 39.1. The van der Waals surface area contributed by atoms with Crippen LogP contribution in [-0.2, 0) is 14.3 Å². The number of hydrogen-bond donors (Lipinski definition) is 1. The van der Waals surface area contributed by atoms with Crippen molar-refractivity contribution in [1.29, 1.82) is 0 Å². The molecule has 0 amide bonds. The molecule has 0 aromatic rings. The highest BCUT2D eigenvalue weighted by molar-refractivity contribution is 5.69. The Hall–Kier alpha value is -2.36. The van der Waals surface area contributed by atoms with E-state index in [2.05, 4.69) is 74.6 Å². The average molecular weight is 669 g/mol. The Labute approximate surface area is 297 Å². The van der Waals surface area contributed by atoms with Crippen LogP contribution in [0.2, 0.25) is 0 Å². The first-order valence-electron chi connectivity index (χ1n) is 20.3. The maximum Gasteiger partial charge on any atom is 0.306 e. The Bertz CT molecular complexity index is 850. The molecule has 0 aliphatic carbocycles. The predicted molar refractivity (Wildman–Crippen MR) is 208 cm³/mol. The minimum absolute atomic E-state index is 0.00953. The van der Waals surface area contributed by atoms with E-state index in [4.69, 9.17) is 9.84 Å². The van der Waals surface area contributed by atoms with Gasteiger partial charge in [-0.3, -0.25) is 9.59 Å². The summed E-state index contributed by atoms with van der Waals surface area (Å²) in [5.74, 6) is -0.675. The molecule has 48 heavy (non-hydrogen) atoms. The number of carbonyl (C=O) groups is 2. The highest BCUT2D eigenvalue weighted by Gasteiger charge is 2.12. The highest BCUT2D eigenvalue weighted by atomic mass is 16.5. The minimum Gasteiger partial charge on any atom is -0.481 e. The van der Waals surface area contributed by atoms with E-state index in [1.165, 1.54) is 89.9 Å². The van der Waals surface area contributed by atoms with Crippen LogP contribution >= 0.6 is 0 Å². The van der Waals surface area contributed by atoms with Crippen LogP contribution in [0.15, 0.2) is 60.8 Å². The number of unbranched alkanes of at least 4 members (excludes halogenated alkanes) is 18. The van der Waals surface area contributed by atoms with Crippen LogP contribution in [0.25, 0.3) is 0 Å². The number of hydrogen-bond acceptors (Lipinski definition) is 3.